The van der Waals surface area contributed by atoms with E-state index >= 15 is 0 Å². The summed E-state index contributed by atoms with van der Waals surface area (Å²) in [5.41, 5.74) is 0.492. The van der Waals surface area contributed by atoms with Gasteiger partial charge in [-0.2, -0.15) is 0 Å². The summed E-state index contributed by atoms with van der Waals surface area (Å²) in [6.07, 6.45) is 0.375. The van der Waals surface area contributed by atoms with Crippen molar-refractivity contribution >= 4 is 33.2 Å². The smallest absolute Gasteiger partial charge is 0.216 e. The molecular formula is C9H11Cl2NO2S. The summed E-state index contributed by atoms with van der Waals surface area (Å²) in [6, 6.07) is 4.69. The highest BCUT2D eigenvalue weighted by molar-refractivity contribution is 7.89. The van der Waals surface area contributed by atoms with Crippen LogP contribution in [-0.2, 0) is 10.0 Å². The normalized spacial score (nSPS) is 13.9. The third-order valence-corrected chi connectivity index (χ3v) is 4.02. The van der Waals surface area contributed by atoms with Gasteiger partial charge in [-0.1, -0.05) is 36.2 Å². The molecule has 0 bridgehead atoms. The molecule has 0 radical (unpaired) electrons. The number of nitrogens with two attached hydrogens (primary N) is 1. The predicted octanol–water partition coefficient (Wildman–Crippen LogP) is 2.73. The van der Waals surface area contributed by atoms with Crippen LogP contribution in [0.4, 0.5) is 0 Å². The van der Waals surface area contributed by atoms with Crippen LogP contribution in [0.2, 0.25) is 10.0 Å². The topological polar surface area (TPSA) is 60.2 Å². The minimum atomic E-state index is -3.63. The van der Waals surface area contributed by atoms with Gasteiger partial charge in [-0.15, -0.1) is 0 Å². The van der Waals surface area contributed by atoms with Gasteiger partial charge < -0.3 is 0 Å². The summed E-state index contributed by atoms with van der Waals surface area (Å²) in [4.78, 5) is 0. The van der Waals surface area contributed by atoms with Crippen LogP contribution in [-0.4, -0.2) is 8.42 Å². The summed E-state index contributed by atoms with van der Waals surface area (Å²) in [5, 5.41) is 5.12. The van der Waals surface area contributed by atoms with Crippen LogP contribution >= 0.6 is 23.2 Å². The highest BCUT2D eigenvalue weighted by atomic mass is 35.5. The van der Waals surface area contributed by atoms with Crippen molar-refractivity contribution in [2.45, 2.75) is 18.6 Å². The quantitative estimate of drug-likeness (QED) is 0.916. The zero-order chi connectivity index (χ0) is 11.6. The number of hydrogen-bond donors (Lipinski definition) is 1. The Morgan fingerprint density at radius 1 is 1.40 bits per heavy atom. The second-order valence-corrected chi connectivity index (χ2v) is 5.74. The molecule has 0 amide bonds. The van der Waals surface area contributed by atoms with E-state index in [4.69, 9.17) is 28.3 Å². The Morgan fingerprint density at radius 3 is 2.40 bits per heavy atom. The maximum absolute atomic E-state index is 11.3. The van der Waals surface area contributed by atoms with Crippen LogP contribution in [0.3, 0.4) is 0 Å². The molecule has 0 aliphatic carbocycles. The molecule has 1 unspecified atom stereocenters. The van der Waals surface area contributed by atoms with Crippen molar-refractivity contribution in [2.24, 2.45) is 5.14 Å². The summed E-state index contributed by atoms with van der Waals surface area (Å²) in [6.45, 7) is 1.74. The Bertz CT molecular complexity index is 459. The van der Waals surface area contributed by atoms with Gasteiger partial charge in [0.2, 0.25) is 10.0 Å². The minimum absolute atomic E-state index is 0.323. The van der Waals surface area contributed by atoms with Gasteiger partial charge in [-0.3, -0.25) is 0 Å². The lowest BCUT2D eigenvalue weighted by Crippen LogP contribution is -2.21. The fraction of sp³-hybridized carbons (Fsp3) is 0.333. The van der Waals surface area contributed by atoms with E-state index in [1.807, 2.05) is 0 Å². The SMILES string of the molecule is CCC(c1ccc(Cl)cc1Cl)S(N)(=O)=O. The molecule has 1 atom stereocenters. The van der Waals surface area contributed by atoms with Crippen LogP contribution in [0.15, 0.2) is 18.2 Å². The lowest BCUT2D eigenvalue weighted by molar-refractivity contribution is 0.581. The van der Waals surface area contributed by atoms with Gasteiger partial charge in [0.1, 0.15) is 5.25 Å². The molecular weight excluding hydrogens is 257 g/mol. The first kappa shape index (κ1) is 12.8. The Kier molecular flexibility index (Phi) is 4.00. The van der Waals surface area contributed by atoms with Crippen LogP contribution in [0.5, 0.6) is 0 Å². The summed E-state index contributed by atoms with van der Waals surface area (Å²) < 4.78 is 22.6. The fourth-order valence-electron chi connectivity index (χ4n) is 1.39. The third kappa shape index (κ3) is 3.08. The molecule has 0 saturated heterocycles. The molecule has 0 heterocycles. The van der Waals surface area contributed by atoms with E-state index in [2.05, 4.69) is 0 Å². The molecule has 1 aromatic rings. The Balaban J connectivity index is 3.25. The van der Waals surface area contributed by atoms with Crippen LogP contribution < -0.4 is 5.14 Å². The van der Waals surface area contributed by atoms with Crippen LogP contribution in [0, 0.1) is 0 Å². The van der Waals surface area contributed by atoms with Gasteiger partial charge in [-0.25, -0.2) is 13.6 Å². The molecule has 15 heavy (non-hydrogen) atoms. The van der Waals surface area contributed by atoms with E-state index in [9.17, 15) is 8.42 Å². The molecule has 0 aliphatic rings. The lowest BCUT2D eigenvalue weighted by atomic mass is 10.1. The van der Waals surface area contributed by atoms with Crippen LogP contribution in [0.25, 0.3) is 0 Å². The molecule has 3 nitrogen and oxygen atoms in total. The highest BCUT2D eigenvalue weighted by Crippen LogP contribution is 2.31. The third-order valence-electron chi connectivity index (χ3n) is 2.08. The maximum Gasteiger partial charge on any atom is 0.216 e. The summed E-state index contributed by atoms with van der Waals surface area (Å²) in [5.74, 6) is 0. The molecule has 0 fully saturated rings. The molecule has 2 N–H and O–H groups in total. The van der Waals surface area contributed by atoms with Crippen molar-refractivity contribution in [3.05, 3.63) is 33.8 Å². The largest absolute Gasteiger partial charge is 0.228 e. The standard InChI is InChI=1S/C9H11Cl2NO2S/c1-2-9(15(12,13)14)7-4-3-6(10)5-8(7)11/h3-5,9H,2H2,1H3,(H2,12,13,14). The summed E-state index contributed by atoms with van der Waals surface area (Å²) >= 11 is 11.6. The molecule has 0 spiro atoms. The second kappa shape index (κ2) is 4.70. The van der Waals surface area contributed by atoms with Gasteiger partial charge in [-0.05, 0) is 24.1 Å². The van der Waals surface area contributed by atoms with E-state index in [1.165, 1.54) is 6.07 Å². The molecule has 0 saturated carbocycles. The van der Waals surface area contributed by atoms with Crippen molar-refractivity contribution in [1.29, 1.82) is 0 Å². The predicted molar refractivity (Wildman–Crippen MR) is 62.6 cm³/mol. The van der Waals surface area contributed by atoms with Gasteiger partial charge in [0, 0.05) is 10.0 Å². The Labute approximate surface area is 99.2 Å². The first-order valence-corrected chi connectivity index (χ1v) is 6.69. The van der Waals surface area contributed by atoms with E-state index in [1.54, 1.807) is 19.1 Å². The lowest BCUT2D eigenvalue weighted by Gasteiger charge is -2.14. The summed E-state index contributed by atoms with van der Waals surface area (Å²) in [7, 11) is -3.63. The van der Waals surface area contributed by atoms with Gasteiger partial charge in [0.05, 0.1) is 0 Å². The van der Waals surface area contributed by atoms with Crippen molar-refractivity contribution in [1.82, 2.24) is 0 Å². The van der Waals surface area contributed by atoms with E-state index in [-0.39, 0.29) is 0 Å². The van der Waals surface area contributed by atoms with E-state index in [0.717, 1.165) is 0 Å². The molecule has 1 rings (SSSR count). The van der Waals surface area contributed by atoms with Gasteiger partial charge in [0.25, 0.3) is 0 Å². The average molecular weight is 268 g/mol. The van der Waals surface area contributed by atoms with Crippen molar-refractivity contribution in [3.63, 3.8) is 0 Å². The molecule has 1 aromatic carbocycles. The van der Waals surface area contributed by atoms with E-state index < -0.39 is 15.3 Å². The first-order valence-electron chi connectivity index (χ1n) is 4.32. The first-order chi connectivity index (χ1) is 6.86. The monoisotopic (exact) mass is 267 g/mol. The van der Waals surface area contributed by atoms with Crippen molar-refractivity contribution < 1.29 is 8.42 Å². The minimum Gasteiger partial charge on any atom is -0.228 e. The molecule has 0 aromatic heterocycles. The number of hydrogen-bond acceptors (Lipinski definition) is 2. The zero-order valence-corrected chi connectivity index (χ0v) is 10.4. The molecule has 84 valence electrons. The molecule has 6 heteroatoms. The average Bonchev–Trinajstić information content (AvgIpc) is 2.07. The highest BCUT2D eigenvalue weighted by Gasteiger charge is 2.23. The fourth-order valence-corrected chi connectivity index (χ4v) is 3.02. The second-order valence-electron chi connectivity index (χ2n) is 3.15. The van der Waals surface area contributed by atoms with Crippen molar-refractivity contribution in [2.75, 3.05) is 0 Å². The van der Waals surface area contributed by atoms with Gasteiger partial charge in [0.15, 0.2) is 0 Å². The number of benzene rings is 1. The number of primary sulfonamides is 1. The van der Waals surface area contributed by atoms with Crippen LogP contribution in [0.1, 0.15) is 24.2 Å². The van der Waals surface area contributed by atoms with E-state index in [0.29, 0.717) is 22.0 Å². The Hall–Kier alpha value is -0.290. The Morgan fingerprint density at radius 2 is 2.00 bits per heavy atom. The number of sulfonamides is 1. The zero-order valence-electron chi connectivity index (χ0n) is 8.07. The number of rotatable bonds is 3. The number of halogens is 2. The maximum atomic E-state index is 11.3. The molecule has 0 aliphatic heterocycles. The van der Waals surface area contributed by atoms with Gasteiger partial charge >= 0.3 is 0 Å². The van der Waals surface area contributed by atoms with Crippen molar-refractivity contribution in [3.8, 4) is 0 Å².